The molecule has 0 aliphatic carbocycles. The highest BCUT2D eigenvalue weighted by Gasteiger charge is 2.12. The van der Waals surface area contributed by atoms with Gasteiger partial charge in [-0.25, -0.2) is 4.68 Å². The summed E-state index contributed by atoms with van der Waals surface area (Å²) in [4.78, 5) is 10.9. The van der Waals surface area contributed by atoms with Crippen LogP contribution in [0.4, 0.5) is 0 Å². The Morgan fingerprint density at radius 1 is 1.37 bits per heavy atom. The van der Waals surface area contributed by atoms with Gasteiger partial charge in [0.15, 0.2) is 12.0 Å². The lowest BCUT2D eigenvalue weighted by Gasteiger charge is -2.07. The van der Waals surface area contributed by atoms with Crippen LogP contribution in [-0.2, 0) is 13.2 Å². The summed E-state index contributed by atoms with van der Waals surface area (Å²) in [6, 6.07) is 7.71. The Balaban J connectivity index is 2.13. The summed E-state index contributed by atoms with van der Waals surface area (Å²) in [5.74, 6) is 0.744. The zero-order chi connectivity index (χ0) is 13.7. The quantitative estimate of drug-likeness (QED) is 0.588. The number of hydrogen-bond donors (Lipinski definition) is 0. The van der Waals surface area contributed by atoms with Crippen LogP contribution in [0.2, 0.25) is 0 Å². The number of rotatable bonds is 6. The molecule has 98 valence electrons. The first kappa shape index (κ1) is 13.0. The highest BCUT2D eigenvalue weighted by Crippen LogP contribution is 2.14. The van der Waals surface area contributed by atoms with Crippen molar-refractivity contribution in [3.63, 3.8) is 0 Å². The van der Waals surface area contributed by atoms with Crippen LogP contribution in [0.1, 0.15) is 21.7 Å². The second kappa shape index (κ2) is 5.95. The van der Waals surface area contributed by atoms with E-state index in [4.69, 9.17) is 4.74 Å². The van der Waals surface area contributed by atoms with Crippen molar-refractivity contribution in [2.75, 3.05) is 0 Å². The van der Waals surface area contributed by atoms with Gasteiger partial charge in [-0.2, -0.15) is 0 Å². The van der Waals surface area contributed by atoms with Crippen molar-refractivity contribution in [3.8, 4) is 5.75 Å². The summed E-state index contributed by atoms with van der Waals surface area (Å²) >= 11 is 0. The summed E-state index contributed by atoms with van der Waals surface area (Å²) in [5.41, 5.74) is 2.11. The van der Waals surface area contributed by atoms with E-state index in [1.807, 2.05) is 31.2 Å². The molecular formula is C14H15N3O2. The molecule has 0 spiro atoms. The number of benzene rings is 1. The maximum Gasteiger partial charge on any atom is 0.172 e. The van der Waals surface area contributed by atoms with Crippen LogP contribution in [0.25, 0.3) is 0 Å². The minimum absolute atomic E-state index is 0.248. The van der Waals surface area contributed by atoms with Crippen LogP contribution in [0.5, 0.6) is 5.75 Å². The molecule has 5 heteroatoms. The van der Waals surface area contributed by atoms with E-state index in [2.05, 4.69) is 16.9 Å². The lowest BCUT2D eigenvalue weighted by molar-refractivity contribution is 0.111. The van der Waals surface area contributed by atoms with Gasteiger partial charge in [-0.1, -0.05) is 29.0 Å². The molecule has 5 nitrogen and oxygen atoms in total. The molecule has 1 aromatic carbocycles. The van der Waals surface area contributed by atoms with Crippen LogP contribution in [0.3, 0.4) is 0 Å². The average molecular weight is 257 g/mol. The molecule has 0 N–H and O–H groups in total. The van der Waals surface area contributed by atoms with Crippen molar-refractivity contribution in [1.82, 2.24) is 15.0 Å². The van der Waals surface area contributed by atoms with Gasteiger partial charge in [0.2, 0.25) is 0 Å². The van der Waals surface area contributed by atoms with E-state index < -0.39 is 0 Å². The van der Waals surface area contributed by atoms with Crippen molar-refractivity contribution in [1.29, 1.82) is 0 Å². The first-order chi connectivity index (χ1) is 9.24. The molecule has 0 atom stereocenters. The van der Waals surface area contributed by atoms with Crippen molar-refractivity contribution in [2.24, 2.45) is 0 Å². The van der Waals surface area contributed by atoms with Gasteiger partial charge in [0.05, 0.1) is 6.54 Å². The van der Waals surface area contributed by atoms with Gasteiger partial charge in [-0.3, -0.25) is 4.79 Å². The predicted molar refractivity (Wildman–Crippen MR) is 71.1 cm³/mol. The predicted octanol–water partition coefficient (Wildman–Crippen LogP) is 2.16. The Bertz CT molecular complexity index is 573. The van der Waals surface area contributed by atoms with Gasteiger partial charge in [-0.15, -0.1) is 11.7 Å². The monoisotopic (exact) mass is 257 g/mol. The fourth-order valence-electron chi connectivity index (χ4n) is 1.64. The van der Waals surface area contributed by atoms with Crippen LogP contribution in [0, 0.1) is 6.92 Å². The Labute approximate surface area is 111 Å². The number of carbonyl (C=O) groups excluding carboxylic acids is 1. The van der Waals surface area contributed by atoms with Crippen molar-refractivity contribution in [2.45, 2.75) is 20.1 Å². The van der Waals surface area contributed by atoms with Crippen LogP contribution >= 0.6 is 0 Å². The highest BCUT2D eigenvalue weighted by molar-refractivity contribution is 5.73. The van der Waals surface area contributed by atoms with Crippen molar-refractivity contribution >= 4 is 6.29 Å². The summed E-state index contributed by atoms with van der Waals surface area (Å²) in [5, 5.41) is 7.68. The maximum absolute atomic E-state index is 10.9. The van der Waals surface area contributed by atoms with Crippen molar-refractivity contribution in [3.05, 3.63) is 53.9 Å². The number of nitrogens with zero attached hydrogens (tertiary/aromatic N) is 3. The van der Waals surface area contributed by atoms with Gasteiger partial charge in [0, 0.05) is 0 Å². The summed E-state index contributed by atoms with van der Waals surface area (Å²) in [7, 11) is 0. The van der Waals surface area contributed by atoms with Gasteiger partial charge in [0.25, 0.3) is 0 Å². The first-order valence-electron chi connectivity index (χ1n) is 5.92. The molecule has 0 aliphatic rings. The third kappa shape index (κ3) is 3.07. The van der Waals surface area contributed by atoms with Crippen molar-refractivity contribution < 1.29 is 9.53 Å². The summed E-state index contributed by atoms with van der Waals surface area (Å²) in [6.45, 7) is 6.40. The van der Waals surface area contributed by atoms with E-state index >= 15 is 0 Å². The lowest BCUT2D eigenvalue weighted by atomic mass is 10.2. The Morgan fingerprint density at radius 3 is 2.74 bits per heavy atom. The molecule has 0 unspecified atom stereocenters. The third-order valence-electron chi connectivity index (χ3n) is 2.68. The topological polar surface area (TPSA) is 57.0 Å². The normalized spacial score (nSPS) is 10.2. The van der Waals surface area contributed by atoms with E-state index in [0.717, 1.165) is 5.75 Å². The molecule has 0 saturated carbocycles. The molecule has 1 heterocycles. The molecule has 1 aromatic heterocycles. The molecule has 2 aromatic rings. The molecule has 0 amide bonds. The molecule has 0 aliphatic heterocycles. The number of aromatic nitrogens is 3. The van der Waals surface area contributed by atoms with Crippen LogP contribution in [0.15, 0.2) is 36.9 Å². The second-order valence-electron chi connectivity index (χ2n) is 4.11. The molecule has 0 radical (unpaired) electrons. The summed E-state index contributed by atoms with van der Waals surface area (Å²) < 4.78 is 7.24. The molecular weight excluding hydrogens is 242 g/mol. The minimum Gasteiger partial charge on any atom is -0.487 e. The zero-order valence-electron chi connectivity index (χ0n) is 10.7. The van der Waals surface area contributed by atoms with Crippen LogP contribution < -0.4 is 4.74 Å². The first-order valence-corrected chi connectivity index (χ1v) is 5.92. The fourth-order valence-corrected chi connectivity index (χ4v) is 1.64. The largest absolute Gasteiger partial charge is 0.487 e. The fraction of sp³-hybridized carbons (Fsp3) is 0.214. The van der Waals surface area contributed by atoms with E-state index in [1.54, 1.807) is 10.8 Å². The van der Waals surface area contributed by atoms with Gasteiger partial charge in [-0.05, 0) is 19.1 Å². The SMILES string of the molecule is C=CCn1nnc(C=O)c1COc1ccc(C)cc1. The second-order valence-corrected chi connectivity index (χ2v) is 4.11. The molecule has 2 rings (SSSR count). The third-order valence-corrected chi connectivity index (χ3v) is 2.68. The maximum atomic E-state index is 10.9. The zero-order valence-corrected chi connectivity index (χ0v) is 10.7. The van der Waals surface area contributed by atoms with E-state index in [0.29, 0.717) is 24.2 Å². The highest BCUT2D eigenvalue weighted by atomic mass is 16.5. The smallest absolute Gasteiger partial charge is 0.172 e. The molecule has 0 bridgehead atoms. The number of aryl methyl sites for hydroxylation is 1. The van der Waals surface area contributed by atoms with E-state index in [9.17, 15) is 4.79 Å². The van der Waals surface area contributed by atoms with E-state index in [-0.39, 0.29) is 6.61 Å². The molecule has 19 heavy (non-hydrogen) atoms. The van der Waals surface area contributed by atoms with Gasteiger partial charge >= 0.3 is 0 Å². The van der Waals surface area contributed by atoms with Crippen LogP contribution in [-0.4, -0.2) is 21.3 Å². The standard InChI is InChI=1S/C14H15N3O2/c1-3-8-17-14(13(9-18)15-16-17)10-19-12-6-4-11(2)5-7-12/h3-7,9H,1,8,10H2,2H3. The Kier molecular flexibility index (Phi) is 4.07. The van der Waals surface area contributed by atoms with E-state index in [1.165, 1.54) is 5.56 Å². The lowest BCUT2D eigenvalue weighted by Crippen LogP contribution is -2.08. The minimum atomic E-state index is 0.248. The summed E-state index contributed by atoms with van der Waals surface area (Å²) in [6.07, 6.45) is 2.37. The molecule has 0 fully saturated rings. The Hall–Kier alpha value is -2.43. The van der Waals surface area contributed by atoms with Gasteiger partial charge in [0.1, 0.15) is 18.1 Å². The Morgan fingerprint density at radius 2 is 2.11 bits per heavy atom. The number of allylic oxidation sites excluding steroid dienone is 1. The number of ether oxygens (including phenoxy) is 1. The number of aldehydes is 1. The number of hydrogen-bond acceptors (Lipinski definition) is 4. The average Bonchev–Trinajstić information content (AvgIpc) is 2.81. The molecule has 0 saturated heterocycles. The number of carbonyl (C=O) groups is 1. The van der Waals surface area contributed by atoms with Gasteiger partial charge < -0.3 is 4.74 Å².